The summed E-state index contributed by atoms with van der Waals surface area (Å²) >= 11 is 0. The van der Waals surface area contributed by atoms with Crippen molar-refractivity contribution >= 4 is 5.91 Å². The molecule has 0 bridgehead atoms. The second kappa shape index (κ2) is 6.05. The first-order valence-electron chi connectivity index (χ1n) is 6.93. The summed E-state index contributed by atoms with van der Waals surface area (Å²) in [6.07, 6.45) is 1.97. The Hall–Kier alpha value is -0.570. The largest absolute Gasteiger partial charge is 0.350 e. The molecule has 2 N–H and O–H groups in total. The lowest BCUT2D eigenvalue weighted by Gasteiger charge is -2.34. The van der Waals surface area contributed by atoms with Gasteiger partial charge < -0.3 is 10.6 Å². The zero-order valence-electron chi connectivity index (χ0n) is 13.5. The highest BCUT2D eigenvalue weighted by Gasteiger charge is 2.26. The summed E-state index contributed by atoms with van der Waals surface area (Å²) < 4.78 is 0. The van der Waals surface area contributed by atoms with Gasteiger partial charge in [-0.25, -0.2) is 0 Å². The lowest BCUT2D eigenvalue weighted by atomic mass is 9.82. The molecule has 0 saturated heterocycles. The van der Waals surface area contributed by atoms with Crippen LogP contribution in [0.5, 0.6) is 0 Å². The Morgan fingerprint density at radius 1 is 0.944 bits per heavy atom. The molecule has 0 aliphatic carbocycles. The molecule has 18 heavy (non-hydrogen) atoms. The molecule has 0 aromatic heterocycles. The van der Waals surface area contributed by atoms with Crippen LogP contribution in [-0.2, 0) is 4.79 Å². The van der Waals surface area contributed by atoms with Gasteiger partial charge in [0.15, 0.2) is 0 Å². The SMILES string of the molecule is CCC(C)(C)NC(=O)CNC(C)(C)CC(C)(C)C. The Morgan fingerprint density at radius 3 is 1.83 bits per heavy atom. The van der Waals surface area contributed by atoms with Crippen LogP contribution in [0.2, 0.25) is 0 Å². The highest BCUT2D eigenvalue weighted by atomic mass is 16.2. The van der Waals surface area contributed by atoms with E-state index in [0.29, 0.717) is 6.54 Å². The van der Waals surface area contributed by atoms with E-state index in [1.54, 1.807) is 0 Å². The maximum absolute atomic E-state index is 11.9. The van der Waals surface area contributed by atoms with Gasteiger partial charge in [-0.15, -0.1) is 0 Å². The quantitative estimate of drug-likeness (QED) is 0.767. The van der Waals surface area contributed by atoms with Gasteiger partial charge in [0.1, 0.15) is 0 Å². The van der Waals surface area contributed by atoms with Gasteiger partial charge in [-0.05, 0) is 46.0 Å². The summed E-state index contributed by atoms with van der Waals surface area (Å²) in [6, 6.07) is 0. The lowest BCUT2D eigenvalue weighted by molar-refractivity contribution is -0.122. The van der Waals surface area contributed by atoms with Crippen LogP contribution >= 0.6 is 0 Å². The molecule has 0 aliphatic heterocycles. The summed E-state index contributed by atoms with van der Waals surface area (Å²) in [5.41, 5.74) is 0.120. The molecule has 108 valence electrons. The maximum Gasteiger partial charge on any atom is 0.234 e. The molecule has 0 atom stereocenters. The molecule has 1 amide bonds. The first kappa shape index (κ1) is 17.4. The predicted molar refractivity (Wildman–Crippen MR) is 78.7 cm³/mol. The van der Waals surface area contributed by atoms with E-state index in [9.17, 15) is 4.79 Å². The zero-order chi connectivity index (χ0) is 14.6. The molecule has 0 unspecified atom stereocenters. The fourth-order valence-corrected chi connectivity index (χ4v) is 2.22. The Labute approximate surface area is 113 Å². The number of hydrogen-bond acceptors (Lipinski definition) is 2. The molecule has 0 fully saturated rings. The van der Waals surface area contributed by atoms with Crippen LogP contribution in [0.4, 0.5) is 0 Å². The molecule has 3 nitrogen and oxygen atoms in total. The second-order valence-corrected chi connectivity index (χ2v) is 7.76. The van der Waals surface area contributed by atoms with Gasteiger partial charge >= 0.3 is 0 Å². The van der Waals surface area contributed by atoms with Gasteiger partial charge in [-0.3, -0.25) is 4.79 Å². The van der Waals surface area contributed by atoms with E-state index in [1.807, 2.05) is 13.8 Å². The molecule has 0 aliphatic rings. The van der Waals surface area contributed by atoms with Crippen LogP contribution in [0.25, 0.3) is 0 Å². The van der Waals surface area contributed by atoms with Crippen molar-refractivity contribution in [2.45, 2.75) is 79.3 Å². The maximum atomic E-state index is 11.9. The second-order valence-electron chi connectivity index (χ2n) is 7.76. The van der Waals surface area contributed by atoms with E-state index in [4.69, 9.17) is 0 Å². The lowest BCUT2D eigenvalue weighted by Crippen LogP contribution is -2.51. The summed E-state index contributed by atoms with van der Waals surface area (Å²) in [6.45, 7) is 17.5. The summed E-state index contributed by atoms with van der Waals surface area (Å²) in [7, 11) is 0. The topological polar surface area (TPSA) is 41.1 Å². The van der Waals surface area contributed by atoms with Crippen LogP contribution in [-0.4, -0.2) is 23.5 Å². The predicted octanol–water partition coefficient (Wildman–Crippen LogP) is 3.10. The molecular weight excluding hydrogens is 224 g/mol. The number of carbonyl (C=O) groups is 1. The van der Waals surface area contributed by atoms with Crippen molar-refractivity contribution in [2.24, 2.45) is 5.41 Å². The van der Waals surface area contributed by atoms with Crippen LogP contribution < -0.4 is 10.6 Å². The number of nitrogens with one attached hydrogen (secondary N) is 2. The third-order valence-electron chi connectivity index (χ3n) is 3.06. The van der Waals surface area contributed by atoms with E-state index in [2.05, 4.69) is 52.2 Å². The van der Waals surface area contributed by atoms with Crippen molar-refractivity contribution in [2.75, 3.05) is 6.54 Å². The minimum Gasteiger partial charge on any atom is -0.350 e. The van der Waals surface area contributed by atoms with Gasteiger partial charge in [0.2, 0.25) is 5.91 Å². The van der Waals surface area contributed by atoms with Crippen LogP contribution in [0, 0.1) is 5.41 Å². The van der Waals surface area contributed by atoms with Crippen molar-refractivity contribution in [3.05, 3.63) is 0 Å². The standard InChI is InChI=1S/C15H32N2O/c1-9-14(5,6)17-12(18)10-16-15(7,8)11-13(2,3)4/h16H,9-11H2,1-8H3,(H,17,18). The van der Waals surface area contributed by atoms with Crippen molar-refractivity contribution in [3.8, 4) is 0 Å². The fourth-order valence-electron chi connectivity index (χ4n) is 2.22. The number of amides is 1. The van der Waals surface area contributed by atoms with Crippen LogP contribution in [0.1, 0.15) is 68.2 Å². The minimum absolute atomic E-state index is 0.0219. The van der Waals surface area contributed by atoms with Crippen molar-refractivity contribution in [3.63, 3.8) is 0 Å². The number of rotatable bonds is 6. The van der Waals surface area contributed by atoms with E-state index in [-0.39, 0.29) is 22.4 Å². The number of carbonyl (C=O) groups excluding carboxylic acids is 1. The molecule has 0 radical (unpaired) electrons. The fraction of sp³-hybridized carbons (Fsp3) is 0.933. The van der Waals surface area contributed by atoms with Gasteiger partial charge in [-0.1, -0.05) is 27.7 Å². The Morgan fingerprint density at radius 2 is 1.44 bits per heavy atom. The summed E-state index contributed by atoms with van der Waals surface area (Å²) in [4.78, 5) is 11.9. The van der Waals surface area contributed by atoms with E-state index in [1.165, 1.54) is 0 Å². The average Bonchev–Trinajstić information content (AvgIpc) is 2.11. The molecule has 0 saturated carbocycles. The average molecular weight is 256 g/mol. The smallest absolute Gasteiger partial charge is 0.234 e. The van der Waals surface area contributed by atoms with E-state index < -0.39 is 0 Å². The Balaban J connectivity index is 4.20. The molecule has 3 heteroatoms. The highest BCUT2D eigenvalue weighted by Crippen LogP contribution is 2.26. The van der Waals surface area contributed by atoms with Crippen LogP contribution in [0.15, 0.2) is 0 Å². The molecular formula is C15H32N2O. The van der Waals surface area contributed by atoms with E-state index in [0.717, 1.165) is 12.8 Å². The minimum atomic E-state index is -0.118. The Bertz CT molecular complexity index is 275. The van der Waals surface area contributed by atoms with Gasteiger partial charge in [0.25, 0.3) is 0 Å². The molecule has 0 aromatic rings. The monoisotopic (exact) mass is 256 g/mol. The van der Waals surface area contributed by atoms with E-state index >= 15 is 0 Å². The normalized spacial score (nSPS) is 13.6. The summed E-state index contributed by atoms with van der Waals surface area (Å²) in [5, 5.41) is 6.39. The molecule has 0 spiro atoms. The molecule has 0 heterocycles. The summed E-state index contributed by atoms with van der Waals surface area (Å²) in [5.74, 6) is 0.0730. The molecule has 0 rings (SSSR count). The molecule has 0 aromatic carbocycles. The first-order valence-corrected chi connectivity index (χ1v) is 6.93. The number of hydrogen-bond donors (Lipinski definition) is 2. The Kier molecular flexibility index (Phi) is 5.86. The van der Waals surface area contributed by atoms with Crippen molar-refractivity contribution in [1.82, 2.24) is 10.6 Å². The van der Waals surface area contributed by atoms with Crippen LogP contribution in [0.3, 0.4) is 0 Å². The third-order valence-corrected chi connectivity index (χ3v) is 3.06. The van der Waals surface area contributed by atoms with Gasteiger partial charge in [0, 0.05) is 11.1 Å². The zero-order valence-corrected chi connectivity index (χ0v) is 13.5. The van der Waals surface area contributed by atoms with Crippen molar-refractivity contribution < 1.29 is 4.79 Å². The highest BCUT2D eigenvalue weighted by molar-refractivity contribution is 5.78. The third kappa shape index (κ3) is 8.51. The van der Waals surface area contributed by atoms with Crippen molar-refractivity contribution in [1.29, 1.82) is 0 Å². The van der Waals surface area contributed by atoms with Gasteiger partial charge in [-0.2, -0.15) is 0 Å². The first-order chi connectivity index (χ1) is 7.87. The van der Waals surface area contributed by atoms with Gasteiger partial charge in [0.05, 0.1) is 6.54 Å².